The van der Waals surface area contributed by atoms with Crippen LogP contribution in [-0.4, -0.2) is 28.0 Å². The van der Waals surface area contributed by atoms with E-state index in [1.807, 2.05) is 0 Å². The number of nitrogens with one attached hydrogen (secondary N) is 1. The number of rotatable bonds is 9. The Morgan fingerprint density at radius 2 is 1.27 bits per heavy atom. The molecule has 0 atom stereocenters. The van der Waals surface area contributed by atoms with Gasteiger partial charge in [-0.05, 0) is 38.5 Å². The second-order valence-electron chi connectivity index (χ2n) is 7.18. The van der Waals surface area contributed by atoms with Crippen LogP contribution in [-0.2, 0) is 8.85 Å². The molecule has 2 aliphatic rings. The number of hydrogen-bond donors (Lipinski definition) is 1. The lowest BCUT2D eigenvalue weighted by Crippen LogP contribution is -2.63. The van der Waals surface area contributed by atoms with Crippen LogP contribution in [0.5, 0.6) is 0 Å². The Hall–Kier alpha value is 0.0969. The Bertz CT molecular complexity index is 281. The van der Waals surface area contributed by atoms with Gasteiger partial charge in [0.1, 0.15) is 0 Å². The Balaban J connectivity index is 2.08. The molecule has 0 amide bonds. The fraction of sp³-hybridized carbons (Fsp3) is 1.00. The Kier molecular flexibility index (Phi) is 8.43. The Morgan fingerprint density at radius 1 is 0.773 bits per heavy atom. The molecule has 0 aromatic carbocycles. The van der Waals surface area contributed by atoms with E-state index in [0.29, 0.717) is 11.6 Å². The van der Waals surface area contributed by atoms with Crippen LogP contribution in [0.25, 0.3) is 0 Å². The first kappa shape index (κ1) is 18.4. The van der Waals surface area contributed by atoms with Gasteiger partial charge >= 0.3 is 8.72 Å². The molecule has 0 saturated heterocycles. The van der Waals surface area contributed by atoms with E-state index in [0.717, 1.165) is 26.1 Å². The third kappa shape index (κ3) is 5.33. The highest BCUT2D eigenvalue weighted by molar-refractivity contribution is 6.66. The Morgan fingerprint density at radius 3 is 1.77 bits per heavy atom. The van der Waals surface area contributed by atoms with Crippen LogP contribution >= 0.6 is 0 Å². The standard InChI is InChI=1S/C18H37NO2Si/c1-3-15-20-22(21-16-4-2,18-13-9-6-10-14-18)19-17-11-7-5-8-12-17/h17-19H,3-16H2,1-2H3. The quantitative estimate of drug-likeness (QED) is 0.602. The molecule has 0 aromatic rings. The van der Waals surface area contributed by atoms with Gasteiger partial charge < -0.3 is 8.85 Å². The zero-order chi connectivity index (χ0) is 15.7. The van der Waals surface area contributed by atoms with Crippen molar-refractivity contribution in [2.45, 2.75) is 102 Å². The molecule has 3 nitrogen and oxygen atoms in total. The fourth-order valence-electron chi connectivity index (χ4n) is 4.00. The maximum atomic E-state index is 6.53. The smallest absolute Gasteiger partial charge is 0.383 e. The maximum Gasteiger partial charge on any atom is 0.428 e. The summed E-state index contributed by atoms with van der Waals surface area (Å²) >= 11 is 0. The lowest BCUT2D eigenvalue weighted by Gasteiger charge is -2.42. The average Bonchev–Trinajstić information content (AvgIpc) is 2.59. The van der Waals surface area contributed by atoms with E-state index in [1.54, 1.807) is 0 Å². The van der Waals surface area contributed by atoms with Crippen molar-refractivity contribution in [1.82, 2.24) is 4.98 Å². The van der Waals surface area contributed by atoms with Crippen LogP contribution in [0.15, 0.2) is 0 Å². The Labute approximate surface area is 138 Å². The highest BCUT2D eigenvalue weighted by Crippen LogP contribution is 2.38. The summed E-state index contributed by atoms with van der Waals surface area (Å²) in [6, 6.07) is 0.635. The van der Waals surface area contributed by atoms with Crippen molar-refractivity contribution in [3.05, 3.63) is 0 Å². The molecule has 2 fully saturated rings. The molecule has 0 aliphatic heterocycles. The summed E-state index contributed by atoms with van der Waals surface area (Å²) in [5, 5.41) is 0. The highest BCUT2D eigenvalue weighted by atomic mass is 28.4. The second kappa shape index (κ2) is 10.1. The second-order valence-corrected chi connectivity index (χ2v) is 10.2. The van der Waals surface area contributed by atoms with Crippen molar-refractivity contribution in [2.75, 3.05) is 13.2 Å². The molecule has 2 rings (SSSR count). The van der Waals surface area contributed by atoms with Crippen molar-refractivity contribution in [2.24, 2.45) is 0 Å². The van der Waals surface area contributed by atoms with E-state index in [1.165, 1.54) is 64.2 Å². The minimum absolute atomic E-state index is 0.635. The monoisotopic (exact) mass is 327 g/mol. The minimum atomic E-state index is -2.27. The fourth-order valence-corrected chi connectivity index (χ4v) is 8.00. The third-order valence-electron chi connectivity index (χ3n) is 5.19. The van der Waals surface area contributed by atoms with Crippen molar-refractivity contribution in [1.29, 1.82) is 0 Å². The first-order chi connectivity index (χ1) is 10.8. The lowest BCUT2D eigenvalue weighted by molar-refractivity contribution is 0.132. The summed E-state index contributed by atoms with van der Waals surface area (Å²) in [6.07, 6.45) is 15.7. The molecule has 0 bridgehead atoms. The summed E-state index contributed by atoms with van der Waals surface area (Å²) < 4.78 is 13.1. The summed E-state index contributed by atoms with van der Waals surface area (Å²) in [5.41, 5.74) is 0.654. The van der Waals surface area contributed by atoms with Gasteiger partial charge in [0.2, 0.25) is 0 Å². The molecular weight excluding hydrogens is 290 g/mol. The SMILES string of the molecule is CCCO[Si](NC1CCCCC1)(OCCC)C1CCCCC1. The normalized spacial score (nSPS) is 22.1. The molecule has 0 heterocycles. The zero-order valence-corrected chi connectivity index (χ0v) is 15.9. The lowest BCUT2D eigenvalue weighted by atomic mass is 9.96. The maximum absolute atomic E-state index is 6.53. The van der Waals surface area contributed by atoms with E-state index in [4.69, 9.17) is 8.85 Å². The molecule has 0 radical (unpaired) electrons. The van der Waals surface area contributed by atoms with E-state index in [-0.39, 0.29) is 0 Å². The first-order valence-electron chi connectivity index (χ1n) is 9.86. The molecule has 22 heavy (non-hydrogen) atoms. The number of hydrogen-bond acceptors (Lipinski definition) is 3. The van der Waals surface area contributed by atoms with Gasteiger partial charge in [0.15, 0.2) is 0 Å². The molecule has 1 N–H and O–H groups in total. The minimum Gasteiger partial charge on any atom is -0.383 e. The van der Waals surface area contributed by atoms with Crippen molar-refractivity contribution < 1.29 is 8.85 Å². The molecule has 2 aliphatic carbocycles. The van der Waals surface area contributed by atoms with Crippen LogP contribution in [0, 0.1) is 0 Å². The van der Waals surface area contributed by atoms with E-state index >= 15 is 0 Å². The van der Waals surface area contributed by atoms with Crippen molar-refractivity contribution >= 4 is 8.72 Å². The van der Waals surface area contributed by atoms with Gasteiger partial charge in [-0.25, -0.2) is 0 Å². The predicted molar refractivity (Wildman–Crippen MR) is 95.1 cm³/mol. The summed E-state index contributed by atoms with van der Waals surface area (Å²) in [4.78, 5) is 4.00. The van der Waals surface area contributed by atoms with Crippen molar-refractivity contribution in [3.8, 4) is 0 Å². The van der Waals surface area contributed by atoms with E-state index in [2.05, 4.69) is 18.8 Å². The zero-order valence-electron chi connectivity index (χ0n) is 14.9. The summed E-state index contributed by atoms with van der Waals surface area (Å²) in [5.74, 6) is 0. The van der Waals surface area contributed by atoms with Gasteiger partial charge in [-0.15, -0.1) is 0 Å². The van der Waals surface area contributed by atoms with Crippen LogP contribution in [0.4, 0.5) is 0 Å². The first-order valence-corrected chi connectivity index (χ1v) is 11.8. The summed E-state index contributed by atoms with van der Waals surface area (Å²) in [7, 11) is -2.27. The van der Waals surface area contributed by atoms with Gasteiger partial charge in [0.25, 0.3) is 0 Å². The average molecular weight is 328 g/mol. The molecule has 4 heteroatoms. The summed E-state index contributed by atoms with van der Waals surface area (Å²) in [6.45, 7) is 6.12. The third-order valence-corrected chi connectivity index (χ3v) is 8.92. The van der Waals surface area contributed by atoms with Crippen LogP contribution in [0.3, 0.4) is 0 Å². The van der Waals surface area contributed by atoms with Gasteiger partial charge in [-0.3, -0.25) is 4.98 Å². The van der Waals surface area contributed by atoms with Crippen LogP contribution in [0.1, 0.15) is 90.9 Å². The van der Waals surface area contributed by atoms with E-state index in [9.17, 15) is 0 Å². The van der Waals surface area contributed by atoms with Gasteiger partial charge in [-0.1, -0.05) is 52.4 Å². The molecule has 0 aromatic heterocycles. The molecule has 2 saturated carbocycles. The molecular formula is C18H37NO2Si. The topological polar surface area (TPSA) is 30.5 Å². The van der Waals surface area contributed by atoms with Crippen LogP contribution in [0.2, 0.25) is 5.54 Å². The predicted octanol–water partition coefficient (Wildman–Crippen LogP) is 5.04. The largest absolute Gasteiger partial charge is 0.428 e. The van der Waals surface area contributed by atoms with E-state index < -0.39 is 8.72 Å². The molecule has 0 unspecified atom stereocenters. The van der Waals surface area contributed by atoms with Gasteiger partial charge in [0, 0.05) is 24.8 Å². The van der Waals surface area contributed by atoms with Crippen molar-refractivity contribution in [3.63, 3.8) is 0 Å². The molecule has 130 valence electrons. The molecule has 0 spiro atoms. The highest BCUT2D eigenvalue weighted by Gasteiger charge is 2.48. The van der Waals surface area contributed by atoms with Gasteiger partial charge in [-0.2, -0.15) is 0 Å². The van der Waals surface area contributed by atoms with Crippen LogP contribution < -0.4 is 4.98 Å². The van der Waals surface area contributed by atoms with Gasteiger partial charge in [0.05, 0.1) is 0 Å².